The quantitative estimate of drug-likeness (QED) is 0.596. The molecule has 0 fully saturated rings. The van der Waals surface area contributed by atoms with Crippen molar-refractivity contribution in [1.82, 2.24) is 15.7 Å². The van der Waals surface area contributed by atoms with Crippen LogP contribution in [0.1, 0.15) is 27.7 Å². The molecule has 6 nitrogen and oxygen atoms in total. The summed E-state index contributed by atoms with van der Waals surface area (Å²) >= 11 is 0. The third-order valence-corrected chi connectivity index (χ3v) is 2.80. The third kappa shape index (κ3) is 4.62. The molecule has 2 atom stereocenters. The Balaban J connectivity index is 4.82. The smallest absolute Gasteiger partial charge is 0.242 e. The second-order valence-corrected chi connectivity index (χ2v) is 5.11. The molecule has 0 saturated carbocycles. The van der Waals surface area contributed by atoms with E-state index in [2.05, 4.69) is 10.6 Å². The minimum atomic E-state index is -0.670. The zero-order valence-electron chi connectivity index (χ0n) is 12.0. The van der Waals surface area contributed by atoms with Gasteiger partial charge in [-0.3, -0.25) is 9.59 Å². The Morgan fingerprint density at radius 3 is 1.83 bits per heavy atom. The van der Waals surface area contributed by atoms with Gasteiger partial charge in [0.1, 0.15) is 12.1 Å². The van der Waals surface area contributed by atoms with Crippen LogP contribution in [0, 0.1) is 11.8 Å². The first kappa shape index (κ1) is 16.9. The molecule has 3 N–H and O–H groups in total. The molecule has 0 bridgehead atoms. The van der Waals surface area contributed by atoms with Crippen LogP contribution in [0.3, 0.4) is 0 Å². The zero-order valence-corrected chi connectivity index (χ0v) is 12.0. The lowest BCUT2D eigenvalue weighted by atomic mass is 10.00. The van der Waals surface area contributed by atoms with Crippen LogP contribution in [0.15, 0.2) is 0 Å². The number of likely N-dealkylation sites (N-methyl/N-ethyl adjacent to an activating group) is 2. The van der Waals surface area contributed by atoms with Crippen molar-refractivity contribution in [2.45, 2.75) is 39.8 Å². The zero-order chi connectivity index (χ0) is 14.5. The molecule has 0 aliphatic rings. The molecule has 0 aromatic carbocycles. The number of hydrogen-bond acceptors (Lipinski definition) is 4. The van der Waals surface area contributed by atoms with E-state index in [1.165, 1.54) is 14.1 Å². The van der Waals surface area contributed by atoms with Crippen molar-refractivity contribution in [2.75, 3.05) is 14.1 Å². The van der Waals surface area contributed by atoms with E-state index in [0.29, 0.717) is 0 Å². The number of carbonyl (C=O) groups excluding carboxylic acids is 2. The molecule has 0 aliphatic carbocycles. The van der Waals surface area contributed by atoms with Crippen molar-refractivity contribution in [2.24, 2.45) is 11.8 Å². The van der Waals surface area contributed by atoms with Crippen LogP contribution < -0.4 is 10.6 Å². The minimum Gasteiger partial charge on any atom is -0.357 e. The van der Waals surface area contributed by atoms with Crippen LogP contribution in [0.5, 0.6) is 0 Å². The average molecular weight is 259 g/mol. The molecule has 0 rings (SSSR count). The lowest BCUT2D eigenvalue weighted by molar-refractivity contribution is -0.154. The summed E-state index contributed by atoms with van der Waals surface area (Å²) in [5, 5.41) is 15.5. The van der Waals surface area contributed by atoms with Gasteiger partial charge < -0.3 is 15.8 Å². The molecule has 0 unspecified atom stereocenters. The van der Waals surface area contributed by atoms with Crippen LogP contribution in [-0.4, -0.2) is 48.3 Å². The van der Waals surface area contributed by atoms with E-state index in [1.807, 2.05) is 27.7 Å². The Bertz CT molecular complexity index is 282. The van der Waals surface area contributed by atoms with Crippen molar-refractivity contribution >= 4 is 11.8 Å². The first-order valence-electron chi connectivity index (χ1n) is 6.16. The van der Waals surface area contributed by atoms with Crippen LogP contribution in [0.2, 0.25) is 0 Å². The van der Waals surface area contributed by atoms with Gasteiger partial charge in [-0.25, -0.2) is 0 Å². The molecule has 2 amide bonds. The predicted octanol–water partition coefficient (Wildman–Crippen LogP) is 0.219. The van der Waals surface area contributed by atoms with Crippen LogP contribution in [-0.2, 0) is 9.59 Å². The Kier molecular flexibility index (Phi) is 6.86. The summed E-state index contributed by atoms with van der Waals surface area (Å²) in [6.07, 6.45) is 0. The summed E-state index contributed by atoms with van der Waals surface area (Å²) in [4.78, 5) is 23.7. The van der Waals surface area contributed by atoms with E-state index < -0.39 is 12.1 Å². The van der Waals surface area contributed by atoms with Gasteiger partial charge in [-0.2, -0.15) is 5.06 Å². The number of rotatable bonds is 6. The van der Waals surface area contributed by atoms with E-state index >= 15 is 0 Å². The molecule has 0 aliphatic heterocycles. The summed E-state index contributed by atoms with van der Waals surface area (Å²) in [7, 11) is 2.95. The molecule has 106 valence electrons. The Labute approximate surface area is 109 Å². The lowest BCUT2D eigenvalue weighted by Crippen LogP contribution is -2.55. The van der Waals surface area contributed by atoms with Gasteiger partial charge in [0.15, 0.2) is 0 Å². The molecule has 0 aromatic heterocycles. The second-order valence-electron chi connectivity index (χ2n) is 5.11. The maximum Gasteiger partial charge on any atom is 0.242 e. The summed E-state index contributed by atoms with van der Waals surface area (Å²) in [6.45, 7) is 7.38. The summed E-state index contributed by atoms with van der Waals surface area (Å²) in [5.41, 5.74) is 0. The van der Waals surface area contributed by atoms with Gasteiger partial charge in [0.05, 0.1) is 0 Å². The van der Waals surface area contributed by atoms with E-state index in [0.717, 1.165) is 5.06 Å². The van der Waals surface area contributed by atoms with E-state index in [1.54, 1.807) is 0 Å². The highest BCUT2D eigenvalue weighted by molar-refractivity contribution is 5.89. The highest BCUT2D eigenvalue weighted by Gasteiger charge is 2.30. The molecular formula is C12H25N3O3. The van der Waals surface area contributed by atoms with Crippen molar-refractivity contribution in [3.05, 3.63) is 0 Å². The van der Waals surface area contributed by atoms with Crippen molar-refractivity contribution in [3.63, 3.8) is 0 Å². The van der Waals surface area contributed by atoms with E-state index in [9.17, 15) is 14.8 Å². The predicted molar refractivity (Wildman–Crippen MR) is 69.0 cm³/mol. The Morgan fingerprint density at radius 1 is 1.06 bits per heavy atom. The fourth-order valence-corrected chi connectivity index (χ4v) is 1.83. The average Bonchev–Trinajstić information content (AvgIpc) is 2.23. The molecular weight excluding hydrogens is 234 g/mol. The van der Waals surface area contributed by atoms with Crippen LogP contribution in [0.25, 0.3) is 0 Å². The van der Waals surface area contributed by atoms with Crippen molar-refractivity contribution < 1.29 is 14.8 Å². The number of hydroxylamine groups is 2. The van der Waals surface area contributed by atoms with E-state index in [4.69, 9.17) is 0 Å². The van der Waals surface area contributed by atoms with Gasteiger partial charge in [0, 0.05) is 14.1 Å². The van der Waals surface area contributed by atoms with Gasteiger partial charge in [-0.15, -0.1) is 0 Å². The number of nitrogens with one attached hydrogen (secondary N) is 2. The molecule has 0 spiro atoms. The molecule has 0 saturated heterocycles. The molecule has 0 aromatic rings. The maximum atomic E-state index is 12.1. The summed E-state index contributed by atoms with van der Waals surface area (Å²) < 4.78 is 0. The molecule has 0 heterocycles. The first-order chi connectivity index (χ1) is 8.22. The SMILES string of the molecule is CNC(=O)[C@@H](NC(=O)[C@H](C(C)C)N(C)O)C(C)C. The fraction of sp³-hybridized carbons (Fsp3) is 0.833. The van der Waals surface area contributed by atoms with Gasteiger partial charge in [0.25, 0.3) is 0 Å². The van der Waals surface area contributed by atoms with Crippen molar-refractivity contribution in [1.29, 1.82) is 0 Å². The molecule has 6 heteroatoms. The normalized spacial score (nSPS) is 14.8. The lowest BCUT2D eigenvalue weighted by Gasteiger charge is -2.28. The number of hydrogen-bond donors (Lipinski definition) is 3. The minimum absolute atomic E-state index is 0.0225. The van der Waals surface area contributed by atoms with E-state index in [-0.39, 0.29) is 23.7 Å². The summed E-state index contributed by atoms with van der Waals surface area (Å²) in [5.74, 6) is -0.665. The third-order valence-electron chi connectivity index (χ3n) is 2.80. The Hall–Kier alpha value is -1.14. The van der Waals surface area contributed by atoms with Gasteiger partial charge in [-0.1, -0.05) is 27.7 Å². The second kappa shape index (κ2) is 7.33. The van der Waals surface area contributed by atoms with Crippen LogP contribution >= 0.6 is 0 Å². The van der Waals surface area contributed by atoms with Gasteiger partial charge in [-0.05, 0) is 11.8 Å². The highest BCUT2D eigenvalue weighted by Crippen LogP contribution is 2.09. The number of carbonyl (C=O) groups is 2. The van der Waals surface area contributed by atoms with Gasteiger partial charge >= 0.3 is 0 Å². The topological polar surface area (TPSA) is 81.7 Å². The van der Waals surface area contributed by atoms with Gasteiger partial charge in [0.2, 0.25) is 11.8 Å². The molecule has 18 heavy (non-hydrogen) atoms. The number of amides is 2. The van der Waals surface area contributed by atoms with Crippen molar-refractivity contribution in [3.8, 4) is 0 Å². The maximum absolute atomic E-state index is 12.1. The number of nitrogens with zero attached hydrogens (tertiary/aromatic N) is 1. The highest BCUT2D eigenvalue weighted by atomic mass is 16.5. The first-order valence-corrected chi connectivity index (χ1v) is 6.16. The monoisotopic (exact) mass is 259 g/mol. The largest absolute Gasteiger partial charge is 0.357 e. The Morgan fingerprint density at radius 2 is 1.56 bits per heavy atom. The molecule has 0 radical (unpaired) electrons. The fourth-order valence-electron chi connectivity index (χ4n) is 1.83. The van der Waals surface area contributed by atoms with Crippen LogP contribution in [0.4, 0.5) is 0 Å². The standard InChI is InChI=1S/C12H25N3O3/c1-7(2)9(11(16)13-5)14-12(17)10(8(3)4)15(6)18/h7-10,18H,1-6H3,(H,13,16)(H,14,17)/t9-,10-/m0/s1. The summed E-state index contributed by atoms with van der Waals surface area (Å²) in [6, 6.07) is -1.26.